The normalized spacial score (nSPS) is 10.6. The highest BCUT2D eigenvalue weighted by molar-refractivity contribution is 6.31. The maximum Gasteiger partial charge on any atom is 0.277 e. The molecule has 0 spiro atoms. The Bertz CT molecular complexity index is 1090. The molecule has 0 aromatic heterocycles. The second kappa shape index (κ2) is 11.7. The van der Waals surface area contributed by atoms with Crippen molar-refractivity contribution in [3.63, 3.8) is 0 Å². The lowest BCUT2D eigenvalue weighted by molar-refractivity contribution is -0.123. The number of carbonyl (C=O) groups excluding carboxylic acids is 2. The Labute approximate surface area is 194 Å². The van der Waals surface area contributed by atoms with Crippen molar-refractivity contribution in [3.05, 3.63) is 88.4 Å². The third-order valence-electron chi connectivity index (χ3n) is 3.94. The minimum atomic E-state index is -0.401. The Morgan fingerprint density at radius 3 is 2.09 bits per heavy atom. The summed E-state index contributed by atoms with van der Waals surface area (Å²) in [4.78, 5) is 23.8. The standard InChI is InChI=1S/C23H19Cl2N3O4/c24-17-6-10-21(11-7-17)32-15-23(30)28-26-13-16-4-8-20(9-5-16)31-14-22(29)27-19-3-1-2-18(25)12-19/h1-13H,14-15H2,(H,27,29)(H,28,30)/b26-13-. The Balaban J connectivity index is 1.38. The van der Waals surface area contributed by atoms with Gasteiger partial charge >= 0.3 is 0 Å². The maximum absolute atomic E-state index is 12.0. The molecule has 32 heavy (non-hydrogen) atoms. The number of benzene rings is 3. The monoisotopic (exact) mass is 471 g/mol. The van der Waals surface area contributed by atoms with Gasteiger partial charge in [-0.25, -0.2) is 5.43 Å². The number of nitrogens with zero attached hydrogens (tertiary/aromatic N) is 1. The molecule has 0 unspecified atom stereocenters. The fraction of sp³-hybridized carbons (Fsp3) is 0.0870. The lowest BCUT2D eigenvalue weighted by atomic mass is 10.2. The summed E-state index contributed by atoms with van der Waals surface area (Å²) < 4.78 is 10.8. The van der Waals surface area contributed by atoms with E-state index in [0.29, 0.717) is 27.2 Å². The summed E-state index contributed by atoms with van der Waals surface area (Å²) >= 11 is 11.7. The first-order valence-electron chi connectivity index (χ1n) is 9.46. The van der Waals surface area contributed by atoms with Crippen molar-refractivity contribution in [2.45, 2.75) is 0 Å². The quantitative estimate of drug-likeness (QED) is 0.354. The van der Waals surface area contributed by atoms with Crippen molar-refractivity contribution in [1.29, 1.82) is 0 Å². The third kappa shape index (κ3) is 7.94. The van der Waals surface area contributed by atoms with Gasteiger partial charge in [-0.2, -0.15) is 5.10 Å². The Morgan fingerprint density at radius 1 is 0.812 bits per heavy atom. The van der Waals surface area contributed by atoms with Crippen molar-refractivity contribution < 1.29 is 19.1 Å². The predicted molar refractivity (Wildman–Crippen MR) is 125 cm³/mol. The molecular formula is C23H19Cl2N3O4. The molecule has 9 heteroatoms. The SMILES string of the molecule is O=C(COc1ccc(Cl)cc1)N/N=C\c1ccc(OCC(=O)Nc2cccc(Cl)c2)cc1. The van der Waals surface area contributed by atoms with Crippen molar-refractivity contribution in [1.82, 2.24) is 5.43 Å². The molecule has 0 aliphatic rings. The van der Waals surface area contributed by atoms with Crippen LogP contribution in [0.2, 0.25) is 10.0 Å². The van der Waals surface area contributed by atoms with Crippen LogP contribution in [-0.4, -0.2) is 31.2 Å². The van der Waals surface area contributed by atoms with Gasteiger partial charge in [0.25, 0.3) is 11.8 Å². The van der Waals surface area contributed by atoms with E-state index < -0.39 is 5.91 Å². The highest BCUT2D eigenvalue weighted by atomic mass is 35.5. The minimum absolute atomic E-state index is 0.149. The summed E-state index contributed by atoms with van der Waals surface area (Å²) in [6.07, 6.45) is 1.48. The van der Waals surface area contributed by atoms with E-state index in [4.69, 9.17) is 32.7 Å². The van der Waals surface area contributed by atoms with Crippen LogP contribution in [0.25, 0.3) is 0 Å². The van der Waals surface area contributed by atoms with E-state index in [0.717, 1.165) is 5.56 Å². The van der Waals surface area contributed by atoms with E-state index in [1.807, 2.05) is 0 Å². The van der Waals surface area contributed by atoms with Gasteiger partial charge in [0.15, 0.2) is 13.2 Å². The molecule has 0 atom stereocenters. The van der Waals surface area contributed by atoms with Crippen LogP contribution in [0.4, 0.5) is 5.69 Å². The Morgan fingerprint density at radius 2 is 1.44 bits per heavy atom. The first kappa shape index (κ1) is 23.1. The summed E-state index contributed by atoms with van der Waals surface area (Å²) in [5, 5.41) is 7.70. The third-order valence-corrected chi connectivity index (χ3v) is 4.43. The van der Waals surface area contributed by atoms with Crippen molar-refractivity contribution in [2.24, 2.45) is 5.10 Å². The molecule has 0 saturated heterocycles. The molecule has 3 rings (SSSR count). The van der Waals surface area contributed by atoms with Gasteiger partial charge in [-0.1, -0.05) is 29.3 Å². The number of nitrogens with one attached hydrogen (secondary N) is 2. The molecule has 0 heterocycles. The molecule has 7 nitrogen and oxygen atoms in total. The molecule has 0 fully saturated rings. The lowest BCUT2D eigenvalue weighted by Gasteiger charge is -2.08. The smallest absolute Gasteiger partial charge is 0.277 e. The van der Waals surface area contributed by atoms with Crippen LogP contribution in [-0.2, 0) is 9.59 Å². The molecule has 3 aromatic rings. The number of hydrogen-bond acceptors (Lipinski definition) is 5. The van der Waals surface area contributed by atoms with Crippen molar-refractivity contribution in [3.8, 4) is 11.5 Å². The van der Waals surface area contributed by atoms with Gasteiger partial charge in [-0.05, 0) is 72.3 Å². The molecule has 0 saturated carbocycles. The molecule has 0 aliphatic heterocycles. The van der Waals surface area contributed by atoms with E-state index in [9.17, 15) is 9.59 Å². The fourth-order valence-corrected chi connectivity index (χ4v) is 2.77. The summed E-state index contributed by atoms with van der Waals surface area (Å²) in [7, 11) is 0. The molecular weight excluding hydrogens is 453 g/mol. The van der Waals surface area contributed by atoms with Crippen LogP contribution < -0.4 is 20.2 Å². The number of amides is 2. The fourth-order valence-electron chi connectivity index (χ4n) is 2.45. The number of anilines is 1. The molecule has 2 amide bonds. The number of ether oxygens (including phenoxy) is 2. The molecule has 0 bridgehead atoms. The number of carbonyl (C=O) groups is 2. The topological polar surface area (TPSA) is 89.0 Å². The first-order chi connectivity index (χ1) is 15.5. The van der Waals surface area contributed by atoms with Gasteiger partial charge in [0.05, 0.1) is 6.21 Å². The second-order valence-corrected chi connectivity index (χ2v) is 7.32. The zero-order chi connectivity index (χ0) is 22.8. The number of halogens is 2. The summed E-state index contributed by atoms with van der Waals surface area (Å²) in [5.74, 6) is 0.345. The van der Waals surface area contributed by atoms with Gasteiger partial charge in [0.1, 0.15) is 11.5 Å². The predicted octanol–water partition coefficient (Wildman–Crippen LogP) is 4.54. The van der Waals surface area contributed by atoms with E-state index in [2.05, 4.69) is 15.8 Å². The van der Waals surface area contributed by atoms with Gasteiger partial charge in [-0.3, -0.25) is 9.59 Å². The van der Waals surface area contributed by atoms with E-state index in [-0.39, 0.29) is 19.1 Å². The molecule has 3 aromatic carbocycles. The minimum Gasteiger partial charge on any atom is -0.484 e. The average Bonchev–Trinajstić information content (AvgIpc) is 2.78. The van der Waals surface area contributed by atoms with Crippen LogP contribution in [0.1, 0.15) is 5.56 Å². The second-order valence-electron chi connectivity index (χ2n) is 6.45. The van der Waals surface area contributed by atoms with Gasteiger partial charge in [-0.15, -0.1) is 0 Å². The first-order valence-corrected chi connectivity index (χ1v) is 10.2. The molecule has 0 radical (unpaired) electrons. The van der Waals surface area contributed by atoms with Crippen LogP contribution >= 0.6 is 23.2 Å². The number of rotatable bonds is 9. The van der Waals surface area contributed by atoms with Gasteiger partial charge < -0.3 is 14.8 Å². The molecule has 0 aliphatic carbocycles. The molecule has 2 N–H and O–H groups in total. The Hall–Kier alpha value is -3.55. The van der Waals surface area contributed by atoms with Crippen molar-refractivity contribution in [2.75, 3.05) is 18.5 Å². The van der Waals surface area contributed by atoms with E-state index >= 15 is 0 Å². The van der Waals surface area contributed by atoms with Gasteiger partial charge in [0.2, 0.25) is 0 Å². The number of hydrogen-bond donors (Lipinski definition) is 2. The van der Waals surface area contributed by atoms with E-state index in [1.54, 1.807) is 72.8 Å². The summed E-state index contributed by atoms with van der Waals surface area (Å²) in [6, 6.07) is 20.4. The average molecular weight is 472 g/mol. The van der Waals surface area contributed by atoms with Crippen LogP contribution in [0.15, 0.2) is 77.9 Å². The zero-order valence-corrected chi connectivity index (χ0v) is 18.3. The highest BCUT2D eigenvalue weighted by Gasteiger charge is 2.05. The highest BCUT2D eigenvalue weighted by Crippen LogP contribution is 2.16. The van der Waals surface area contributed by atoms with E-state index in [1.165, 1.54) is 6.21 Å². The largest absolute Gasteiger partial charge is 0.484 e. The Kier molecular flexibility index (Phi) is 8.48. The van der Waals surface area contributed by atoms with Crippen LogP contribution in [0.3, 0.4) is 0 Å². The zero-order valence-electron chi connectivity index (χ0n) is 16.8. The number of hydrazone groups is 1. The van der Waals surface area contributed by atoms with Gasteiger partial charge in [0, 0.05) is 15.7 Å². The summed E-state index contributed by atoms with van der Waals surface area (Å²) in [6.45, 7) is -0.327. The lowest BCUT2D eigenvalue weighted by Crippen LogP contribution is -2.24. The van der Waals surface area contributed by atoms with Crippen LogP contribution in [0.5, 0.6) is 11.5 Å². The summed E-state index contributed by atoms with van der Waals surface area (Å²) in [5.41, 5.74) is 3.71. The van der Waals surface area contributed by atoms with Crippen molar-refractivity contribution >= 4 is 46.9 Å². The molecule has 164 valence electrons. The van der Waals surface area contributed by atoms with Crippen LogP contribution in [0, 0.1) is 0 Å². The maximum atomic E-state index is 12.0.